The first-order valence-corrected chi connectivity index (χ1v) is 23.6. The molecule has 1 amide bonds. The number of carbonyl (C=O) groups is 4. The molecule has 1 aliphatic carbocycles. The van der Waals surface area contributed by atoms with Gasteiger partial charge in [0.05, 0.1) is 12.2 Å². The van der Waals surface area contributed by atoms with E-state index in [0.717, 1.165) is 31.3 Å². The first kappa shape index (κ1) is 51.6. The Hall–Kier alpha value is -3.00. The van der Waals surface area contributed by atoms with Gasteiger partial charge in [-0.3, -0.25) is 14.4 Å². The number of Topliss-reactive ketones (excluding diaryl/α,β-unsaturated/α-hetero) is 2. The van der Waals surface area contributed by atoms with E-state index in [-0.39, 0.29) is 36.2 Å². The largest absolute Gasteiger partial charge is 0.461 e. The Balaban J connectivity index is 1.64. The minimum absolute atomic E-state index is 0.0608. The van der Waals surface area contributed by atoms with Crippen molar-refractivity contribution in [2.75, 3.05) is 20.8 Å². The van der Waals surface area contributed by atoms with E-state index in [9.17, 15) is 29.4 Å². The van der Waals surface area contributed by atoms with Crippen LogP contribution in [0.2, 0.25) is 0 Å². The molecule has 0 aromatic carbocycles. The summed E-state index contributed by atoms with van der Waals surface area (Å²) in [6.07, 6.45) is 17.8. The lowest BCUT2D eigenvalue weighted by Crippen LogP contribution is -2.60. The first-order valence-electron chi connectivity index (χ1n) is 23.6. The Kier molecular flexibility index (Phi) is 20.3. The van der Waals surface area contributed by atoms with Gasteiger partial charge in [0.1, 0.15) is 24.4 Å². The number of ether oxygens (including phenoxy) is 4. The molecule has 3 aliphatic heterocycles. The molecular weight excluding hydrogens is 789 g/mol. The molecule has 1 unspecified atom stereocenters. The van der Waals surface area contributed by atoms with Gasteiger partial charge in [-0.2, -0.15) is 0 Å². The summed E-state index contributed by atoms with van der Waals surface area (Å²) in [7, 11) is 3.19. The van der Waals surface area contributed by atoms with E-state index in [4.69, 9.17) is 24.7 Å². The molecule has 3 fully saturated rings. The molecular formula is C50H80N2O10. The van der Waals surface area contributed by atoms with Gasteiger partial charge in [-0.1, -0.05) is 76.6 Å². The Morgan fingerprint density at radius 1 is 0.903 bits per heavy atom. The van der Waals surface area contributed by atoms with E-state index < -0.39 is 65.9 Å². The smallest absolute Gasteiger partial charge is 0.329 e. The summed E-state index contributed by atoms with van der Waals surface area (Å²) in [5.74, 6) is -5.14. The number of esters is 1. The fraction of sp³-hybridized carbons (Fsp3) is 0.760. The molecule has 4 N–H and O–H groups in total. The Labute approximate surface area is 372 Å². The number of methoxy groups -OCH3 is 2. The molecule has 3 heterocycles. The quantitative estimate of drug-likeness (QED) is 0.143. The highest BCUT2D eigenvalue weighted by molar-refractivity contribution is 6.39. The van der Waals surface area contributed by atoms with Gasteiger partial charge in [-0.25, -0.2) is 4.79 Å². The van der Waals surface area contributed by atoms with Crippen molar-refractivity contribution in [3.8, 4) is 0 Å². The van der Waals surface area contributed by atoms with Crippen LogP contribution in [0.15, 0.2) is 47.6 Å². The molecule has 0 radical (unpaired) electrons. The number of hydrogen-bond acceptors (Lipinski definition) is 11. The van der Waals surface area contributed by atoms with Crippen molar-refractivity contribution < 1.29 is 48.3 Å². The average Bonchev–Trinajstić information content (AvgIpc) is 3.25. The molecule has 12 nitrogen and oxygen atoms in total. The highest BCUT2D eigenvalue weighted by atomic mass is 16.6. The topological polar surface area (TPSA) is 175 Å². The molecule has 0 aromatic heterocycles. The summed E-state index contributed by atoms with van der Waals surface area (Å²) in [5.41, 5.74) is 8.29. The summed E-state index contributed by atoms with van der Waals surface area (Å²) in [5, 5.41) is 23.2. The number of rotatable bonds is 5. The van der Waals surface area contributed by atoms with Crippen molar-refractivity contribution in [1.29, 1.82) is 0 Å². The minimum Gasteiger partial charge on any atom is -0.461 e. The van der Waals surface area contributed by atoms with Crippen LogP contribution in [0.1, 0.15) is 138 Å². The summed E-state index contributed by atoms with van der Waals surface area (Å²) < 4.78 is 23.9. The summed E-state index contributed by atoms with van der Waals surface area (Å²) in [6.45, 7) is 13.9. The van der Waals surface area contributed by atoms with Crippen LogP contribution in [-0.2, 0) is 38.1 Å². The lowest BCUT2D eigenvalue weighted by Gasteiger charge is -2.42. The number of hydrogen-bond donors (Lipinski definition) is 3. The van der Waals surface area contributed by atoms with Crippen LogP contribution in [0.5, 0.6) is 0 Å². The van der Waals surface area contributed by atoms with Crippen LogP contribution in [-0.4, -0.2) is 108 Å². The average molecular weight is 869 g/mol. The second-order valence-corrected chi connectivity index (χ2v) is 19.5. The Morgan fingerprint density at radius 2 is 1.65 bits per heavy atom. The third kappa shape index (κ3) is 14.0. The third-order valence-electron chi connectivity index (χ3n) is 14.3. The van der Waals surface area contributed by atoms with Gasteiger partial charge in [0.25, 0.3) is 11.7 Å². The molecule has 4 aliphatic rings. The molecule has 1 saturated carbocycles. The number of piperidine rings is 1. The lowest BCUT2D eigenvalue weighted by atomic mass is 9.76. The predicted octanol–water partition coefficient (Wildman–Crippen LogP) is 7.34. The van der Waals surface area contributed by atoms with E-state index in [0.29, 0.717) is 81.6 Å². The molecule has 350 valence electrons. The second-order valence-electron chi connectivity index (χ2n) is 19.5. The van der Waals surface area contributed by atoms with Gasteiger partial charge < -0.3 is 39.8 Å². The van der Waals surface area contributed by atoms with Crippen molar-refractivity contribution in [1.82, 2.24) is 4.90 Å². The van der Waals surface area contributed by atoms with Gasteiger partial charge in [0, 0.05) is 38.6 Å². The van der Waals surface area contributed by atoms with Gasteiger partial charge in [-0.05, 0) is 133 Å². The molecule has 14 atom stereocenters. The maximum Gasteiger partial charge on any atom is 0.329 e. The standard InChI is InChI=1S/C50H80N2O10/c1-31-15-11-10-12-16-32(2)27-35(5)44(53)46(60-9)45(54)36(6)29-39(51)22-25-42(34(4)28-38-21-19-33(3)43(30-38)59-8)61-49(57)41-17-13-14-26-52(41)48(56)47(55)50(58)37(7)20-24-40(62-50)23-18-31/h10-12,15-16,29,32-35,37-43,45-46,54,58H,13-14,17-28,30,51H2,1-9H3/b11-10+,16-12+,31-15+,36-29+/t32-,33-,34-,35-,37-,38?,39+,40-,41+,42+,43-,45-,46+,50-/m1/s1. The van der Waals surface area contributed by atoms with Crippen LogP contribution in [0.25, 0.3) is 0 Å². The van der Waals surface area contributed by atoms with E-state index in [1.165, 1.54) is 12.0 Å². The van der Waals surface area contributed by atoms with Gasteiger partial charge in [0.2, 0.25) is 5.79 Å². The summed E-state index contributed by atoms with van der Waals surface area (Å²) >= 11 is 0. The van der Waals surface area contributed by atoms with Crippen LogP contribution in [0, 0.1) is 35.5 Å². The first-order chi connectivity index (χ1) is 29.4. The van der Waals surface area contributed by atoms with Gasteiger partial charge in [-0.15, -0.1) is 0 Å². The number of aliphatic hydroxyl groups excluding tert-OH is 1. The summed E-state index contributed by atoms with van der Waals surface area (Å²) in [4.78, 5) is 57.4. The van der Waals surface area contributed by atoms with Crippen molar-refractivity contribution in [2.24, 2.45) is 41.2 Å². The maximum atomic E-state index is 14.3. The zero-order valence-corrected chi connectivity index (χ0v) is 39.3. The highest BCUT2D eigenvalue weighted by Crippen LogP contribution is 2.38. The van der Waals surface area contributed by atoms with Gasteiger partial charge >= 0.3 is 5.97 Å². The van der Waals surface area contributed by atoms with Crippen LogP contribution < -0.4 is 5.73 Å². The number of nitrogens with two attached hydrogens (primary N) is 1. The zero-order chi connectivity index (χ0) is 45.7. The molecule has 0 spiro atoms. The number of nitrogens with zero attached hydrogens (tertiary/aromatic N) is 1. The number of cyclic esters (lactones) is 1. The van der Waals surface area contributed by atoms with Crippen molar-refractivity contribution in [3.05, 3.63) is 47.6 Å². The number of carbonyl (C=O) groups excluding carboxylic acids is 4. The lowest BCUT2D eigenvalue weighted by molar-refractivity contribution is -0.263. The summed E-state index contributed by atoms with van der Waals surface area (Å²) in [6, 6.07) is -1.52. The third-order valence-corrected chi connectivity index (χ3v) is 14.3. The van der Waals surface area contributed by atoms with Crippen molar-refractivity contribution >= 4 is 23.4 Å². The van der Waals surface area contributed by atoms with E-state index in [2.05, 4.69) is 13.8 Å². The van der Waals surface area contributed by atoms with Crippen LogP contribution in [0.3, 0.4) is 0 Å². The zero-order valence-electron chi connectivity index (χ0n) is 39.3. The SMILES string of the molecule is CO[C@@H]1CC(C[C@@H](C)[C@@H]2CC[C@H](N)/C=C(\C)[C@@H](O)[C@@H](OC)C(=O)[C@H](C)C[C@H](C)/C=C/C=C/C=C(\C)CC[C@@H]3CC[C@@H](C)[C@@](O)(O3)C(=O)C(=O)N3CCCC[C@H]3C(=O)O2)CC[C@H]1C. The normalized spacial score (nSPS) is 40.5. The Bertz CT molecular complexity index is 1620. The number of amides is 1. The molecule has 0 aromatic rings. The second kappa shape index (κ2) is 24.3. The molecule has 2 bridgehead atoms. The Morgan fingerprint density at radius 3 is 2.35 bits per heavy atom. The maximum absolute atomic E-state index is 14.3. The fourth-order valence-corrected chi connectivity index (χ4v) is 10.1. The fourth-order valence-electron chi connectivity index (χ4n) is 10.1. The van der Waals surface area contributed by atoms with Crippen molar-refractivity contribution in [3.63, 3.8) is 0 Å². The van der Waals surface area contributed by atoms with E-state index in [1.54, 1.807) is 27.0 Å². The van der Waals surface area contributed by atoms with E-state index >= 15 is 0 Å². The highest BCUT2D eigenvalue weighted by Gasteiger charge is 2.52. The van der Waals surface area contributed by atoms with Crippen molar-refractivity contribution in [2.45, 2.75) is 187 Å². The minimum atomic E-state index is -2.30. The number of ketones is 2. The van der Waals surface area contributed by atoms with E-state index in [1.807, 2.05) is 51.2 Å². The van der Waals surface area contributed by atoms with Gasteiger partial charge in [0.15, 0.2) is 5.78 Å². The van der Waals surface area contributed by atoms with Crippen LogP contribution >= 0.6 is 0 Å². The molecule has 12 heteroatoms. The number of fused-ring (bicyclic) bond motifs is 3. The number of aliphatic hydroxyl groups is 2. The predicted molar refractivity (Wildman–Crippen MR) is 241 cm³/mol. The van der Waals surface area contributed by atoms with Crippen LogP contribution in [0.4, 0.5) is 0 Å². The monoisotopic (exact) mass is 869 g/mol. The molecule has 2 saturated heterocycles. The number of allylic oxidation sites excluding steroid dienone is 6. The molecule has 4 rings (SSSR count). The molecule has 62 heavy (non-hydrogen) atoms.